The van der Waals surface area contributed by atoms with Crippen LogP contribution in [-0.4, -0.2) is 51.3 Å². The number of sulfone groups is 1. The molecule has 1 atom stereocenters. The maximum atomic E-state index is 12.2. The fourth-order valence-electron chi connectivity index (χ4n) is 2.48. The first-order chi connectivity index (χ1) is 9.54. The van der Waals surface area contributed by atoms with Crippen molar-refractivity contribution in [2.45, 2.75) is 23.8 Å². The van der Waals surface area contributed by atoms with E-state index in [0.29, 0.717) is 11.4 Å². The molecule has 1 heterocycles. The number of rotatable bonds is 5. The Hall–Kier alpha value is -1.40. The molecule has 0 radical (unpaired) electrons. The van der Waals surface area contributed by atoms with E-state index >= 15 is 0 Å². The van der Waals surface area contributed by atoms with Gasteiger partial charge in [-0.1, -0.05) is 18.2 Å². The summed E-state index contributed by atoms with van der Waals surface area (Å²) in [6, 6.07) is 8.09. The topological polar surface area (TPSA) is 63.7 Å². The predicted molar refractivity (Wildman–Crippen MR) is 75.1 cm³/mol. The summed E-state index contributed by atoms with van der Waals surface area (Å²) in [5.74, 6) is -0.260. The molecule has 6 heteroatoms. The van der Waals surface area contributed by atoms with Crippen molar-refractivity contribution in [1.29, 1.82) is 0 Å². The van der Waals surface area contributed by atoms with Crippen LogP contribution in [0.5, 0.6) is 0 Å². The van der Waals surface area contributed by atoms with E-state index in [2.05, 4.69) is 0 Å². The lowest BCUT2D eigenvalue weighted by Crippen LogP contribution is -2.39. The van der Waals surface area contributed by atoms with E-state index < -0.39 is 9.84 Å². The standard InChI is InChI=1S/C14H19NO4S/c1-19-14(16)13-8-5-9-15(13)10-11-20(17,18)12-6-3-2-4-7-12/h2-4,6-7,13H,5,8-11H2,1H3/t13-/m1/s1. The summed E-state index contributed by atoms with van der Waals surface area (Å²) in [7, 11) is -1.94. The Morgan fingerprint density at radius 2 is 2.05 bits per heavy atom. The number of carbonyl (C=O) groups excluding carboxylic acids is 1. The first-order valence-electron chi connectivity index (χ1n) is 6.64. The molecular formula is C14H19NO4S. The molecule has 0 aliphatic carbocycles. The van der Waals surface area contributed by atoms with Gasteiger partial charge in [0.25, 0.3) is 0 Å². The zero-order valence-corrected chi connectivity index (χ0v) is 12.3. The van der Waals surface area contributed by atoms with E-state index in [1.165, 1.54) is 7.11 Å². The highest BCUT2D eigenvalue weighted by molar-refractivity contribution is 7.91. The van der Waals surface area contributed by atoms with Crippen molar-refractivity contribution in [2.24, 2.45) is 0 Å². The Balaban J connectivity index is 2.00. The predicted octanol–water partition coefficient (Wildman–Crippen LogP) is 1.10. The smallest absolute Gasteiger partial charge is 0.323 e. The average molecular weight is 297 g/mol. The molecule has 0 N–H and O–H groups in total. The number of methoxy groups -OCH3 is 1. The van der Waals surface area contributed by atoms with Gasteiger partial charge in [-0.15, -0.1) is 0 Å². The van der Waals surface area contributed by atoms with E-state index in [0.717, 1.165) is 19.4 Å². The molecule has 1 saturated heterocycles. The number of likely N-dealkylation sites (tertiary alicyclic amines) is 1. The number of hydrogen-bond acceptors (Lipinski definition) is 5. The first-order valence-corrected chi connectivity index (χ1v) is 8.29. The fraction of sp³-hybridized carbons (Fsp3) is 0.500. The Bertz CT molecular complexity index is 556. The van der Waals surface area contributed by atoms with Crippen LogP contribution >= 0.6 is 0 Å². The van der Waals surface area contributed by atoms with Crippen molar-refractivity contribution in [3.05, 3.63) is 30.3 Å². The van der Waals surface area contributed by atoms with Crippen molar-refractivity contribution in [3.8, 4) is 0 Å². The summed E-state index contributed by atoms with van der Waals surface area (Å²) in [5, 5.41) is 0. The maximum absolute atomic E-state index is 12.2. The van der Waals surface area contributed by atoms with Crippen molar-refractivity contribution < 1.29 is 17.9 Å². The van der Waals surface area contributed by atoms with Crippen LogP contribution in [0.4, 0.5) is 0 Å². The minimum absolute atomic E-state index is 0.0184. The van der Waals surface area contributed by atoms with Gasteiger partial charge in [0.1, 0.15) is 6.04 Å². The first kappa shape index (κ1) is 15.0. The summed E-state index contributed by atoms with van der Waals surface area (Å²) in [4.78, 5) is 13.8. The van der Waals surface area contributed by atoms with Crippen LogP contribution in [0.2, 0.25) is 0 Å². The van der Waals surface area contributed by atoms with Gasteiger partial charge in [0.2, 0.25) is 0 Å². The van der Waals surface area contributed by atoms with E-state index in [1.54, 1.807) is 30.3 Å². The largest absolute Gasteiger partial charge is 0.468 e. The summed E-state index contributed by atoms with van der Waals surface area (Å²) in [6.07, 6.45) is 1.63. The molecule has 0 amide bonds. The Labute approximate surface area is 119 Å². The van der Waals surface area contributed by atoms with Crippen molar-refractivity contribution in [2.75, 3.05) is 26.0 Å². The van der Waals surface area contributed by atoms with Crippen LogP contribution in [0.1, 0.15) is 12.8 Å². The molecule has 0 unspecified atom stereocenters. The SMILES string of the molecule is COC(=O)[C@H]1CCCN1CCS(=O)(=O)c1ccccc1. The van der Waals surface area contributed by atoms with Crippen LogP contribution in [0.3, 0.4) is 0 Å². The molecule has 0 spiro atoms. The van der Waals surface area contributed by atoms with Gasteiger partial charge < -0.3 is 4.74 Å². The van der Waals surface area contributed by atoms with E-state index in [1.807, 2.05) is 4.90 Å². The van der Waals surface area contributed by atoms with Gasteiger partial charge in [-0.25, -0.2) is 8.42 Å². The van der Waals surface area contributed by atoms with Crippen LogP contribution in [0, 0.1) is 0 Å². The second kappa shape index (κ2) is 6.37. The van der Waals surface area contributed by atoms with Crippen LogP contribution < -0.4 is 0 Å². The number of nitrogens with zero attached hydrogens (tertiary/aromatic N) is 1. The van der Waals surface area contributed by atoms with Gasteiger partial charge in [0, 0.05) is 6.54 Å². The molecule has 2 rings (SSSR count). The van der Waals surface area contributed by atoms with E-state index in [4.69, 9.17) is 4.74 Å². The lowest BCUT2D eigenvalue weighted by atomic mass is 10.2. The normalized spacial score (nSPS) is 19.9. The molecule has 0 saturated carbocycles. The number of esters is 1. The number of hydrogen-bond donors (Lipinski definition) is 0. The molecule has 0 aromatic heterocycles. The van der Waals surface area contributed by atoms with E-state index in [-0.39, 0.29) is 17.8 Å². The third-order valence-electron chi connectivity index (χ3n) is 3.59. The molecular weight excluding hydrogens is 278 g/mol. The molecule has 1 aliphatic heterocycles. The van der Waals surface area contributed by atoms with Gasteiger partial charge in [-0.05, 0) is 31.5 Å². The third-order valence-corrected chi connectivity index (χ3v) is 5.30. The Morgan fingerprint density at radius 1 is 1.35 bits per heavy atom. The minimum Gasteiger partial charge on any atom is -0.468 e. The number of benzene rings is 1. The second-order valence-electron chi connectivity index (χ2n) is 4.85. The van der Waals surface area contributed by atoms with Gasteiger partial charge >= 0.3 is 5.97 Å². The van der Waals surface area contributed by atoms with Crippen molar-refractivity contribution >= 4 is 15.8 Å². The third kappa shape index (κ3) is 3.37. The minimum atomic E-state index is -3.30. The van der Waals surface area contributed by atoms with Crippen LogP contribution in [-0.2, 0) is 19.4 Å². The van der Waals surface area contributed by atoms with Gasteiger partial charge in [0.05, 0.1) is 17.8 Å². The quantitative estimate of drug-likeness (QED) is 0.762. The Morgan fingerprint density at radius 3 is 2.70 bits per heavy atom. The second-order valence-corrected chi connectivity index (χ2v) is 6.96. The maximum Gasteiger partial charge on any atom is 0.323 e. The number of ether oxygens (including phenoxy) is 1. The highest BCUT2D eigenvalue weighted by Crippen LogP contribution is 2.19. The molecule has 1 aromatic rings. The molecule has 0 bridgehead atoms. The van der Waals surface area contributed by atoms with Gasteiger partial charge in [-0.3, -0.25) is 9.69 Å². The van der Waals surface area contributed by atoms with Crippen LogP contribution in [0.15, 0.2) is 35.2 Å². The molecule has 1 fully saturated rings. The average Bonchev–Trinajstić information content (AvgIpc) is 2.94. The summed E-state index contributed by atoms with van der Waals surface area (Å²) in [6.45, 7) is 1.10. The fourth-order valence-corrected chi connectivity index (χ4v) is 3.76. The lowest BCUT2D eigenvalue weighted by molar-refractivity contribution is -0.145. The number of carbonyl (C=O) groups is 1. The zero-order valence-electron chi connectivity index (χ0n) is 11.5. The van der Waals surface area contributed by atoms with Gasteiger partial charge in [-0.2, -0.15) is 0 Å². The molecule has 110 valence electrons. The summed E-state index contributed by atoms with van der Waals surface area (Å²) >= 11 is 0. The summed E-state index contributed by atoms with van der Waals surface area (Å²) < 4.78 is 29.1. The highest BCUT2D eigenvalue weighted by Gasteiger charge is 2.32. The molecule has 20 heavy (non-hydrogen) atoms. The lowest BCUT2D eigenvalue weighted by Gasteiger charge is -2.22. The van der Waals surface area contributed by atoms with Crippen molar-refractivity contribution in [1.82, 2.24) is 4.90 Å². The Kier molecular flexibility index (Phi) is 4.77. The molecule has 1 aromatic carbocycles. The van der Waals surface area contributed by atoms with E-state index in [9.17, 15) is 13.2 Å². The highest BCUT2D eigenvalue weighted by atomic mass is 32.2. The summed E-state index contributed by atoms with van der Waals surface area (Å²) in [5.41, 5.74) is 0. The monoisotopic (exact) mass is 297 g/mol. The van der Waals surface area contributed by atoms with Gasteiger partial charge in [0.15, 0.2) is 9.84 Å². The van der Waals surface area contributed by atoms with Crippen molar-refractivity contribution in [3.63, 3.8) is 0 Å². The molecule has 5 nitrogen and oxygen atoms in total. The zero-order chi connectivity index (χ0) is 14.6. The van der Waals surface area contributed by atoms with Crippen LogP contribution in [0.25, 0.3) is 0 Å². The molecule has 1 aliphatic rings.